The van der Waals surface area contributed by atoms with Gasteiger partial charge in [-0.1, -0.05) is 0 Å². The van der Waals surface area contributed by atoms with E-state index < -0.39 is 5.97 Å². The number of amides is 1. The highest BCUT2D eigenvalue weighted by Crippen LogP contribution is 2.35. The summed E-state index contributed by atoms with van der Waals surface area (Å²) in [5, 5.41) is 9.17. The molecule has 0 aromatic heterocycles. The highest BCUT2D eigenvalue weighted by molar-refractivity contribution is 5.81. The van der Waals surface area contributed by atoms with Crippen LogP contribution in [0.2, 0.25) is 0 Å². The Labute approximate surface area is 137 Å². The molecule has 0 aromatic carbocycles. The smallest absolute Gasteiger partial charge is 0.303 e. The Kier molecular flexibility index (Phi) is 5.54. The Hall–Kier alpha value is -1.14. The summed E-state index contributed by atoms with van der Waals surface area (Å²) in [6.45, 7) is 5.96. The van der Waals surface area contributed by atoms with Gasteiger partial charge >= 0.3 is 5.97 Å². The van der Waals surface area contributed by atoms with Gasteiger partial charge in [-0.15, -0.1) is 0 Å². The number of hydrogen-bond donors (Lipinski definition) is 1. The van der Waals surface area contributed by atoms with Gasteiger partial charge in [0.2, 0.25) is 5.91 Å². The third-order valence-electron chi connectivity index (χ3n) is 5.49. The van der Waals surface area contributed by atoms with Crippen molar-refractivity contribution in [3.8, 4) is 0 Å². The zero-order valence-corrected chi connectivity index (χ0v) is 13.8. The minimum absolute atomic E-state index is 0.205. The second-order valence-corrected chi connectivity index (χ2v) is 7.21. The number of carboxylic acids is 1. The Morgan fingerprint density at radius 1 is 1.04 bits per heavy atom. The Bertz CT molecular complexity index is 432. The molecule has 2 aliphatic heterocycles. The van der Waals surface area contributed by atoms with Crippen molar-refractivity contribution in [2.24, 2.45) is 17.8 Å². The van der Waals surface area contributed by atoms with Crippen molar-refractivity contribution in [3.63, 3.8) is 0 Å². The third kappa shape index (κ3) is 4.67. The van der Waals surface area contributed by atoms with Crippen molar-refractivity contribution in [1.29, 1.82) is 0 Å². The van der Waals surface area contributed by atoms with Crippen LogP contribution in [-0.2, 0) is 14.3 Å². The molecule has 1 N–H and O–H groups in total. The maximum atomic E-state index is 12.3. The number of morpholine rings is 1. The first kappa shape index (κ1) is 16.7. The number of carboxylic acid groups (broad SMARTS) is 1. The molecular formula is C17H28N2O4. The molecule has 3 rings (SSSR count). The van der Waals surface area contributed by atoms with Gasteiger partial charge in [0.05, 0.1) is 13.2 Å². The molecule has 2 heterocycles. The van der Waals surface area contributed by atoms with Gasteiger partial charge in [0.15, 0.2) is 0 Å². The predicted molar refractivity (Wildman–Crippen MR) is 85.0 cm³/mol. The molecule has 0 aromatic rings. The average Bonchev–Trinajstić information content (AvgIpc) is 3.38. The van der Waals surface area contributed by atoms with Crippen LogP contribution in [0.1, 0.15) is 32.1 Å². The predicted octanol–water partition coefficient (Wildman–Crippen LogP) is 1.06. The molecule has 0 bridgehead atoms. The van der Waals surface area contributed by atoms with E-state index in [1.54, 1.807) is 0 Å². The molecular weight excluding hydrogens is 296 g/mol. The molecule has 6 nitrogen and oxygen atoms in total. The number of hydrogen-bond acceptors (Lipinski definition) is 4. The molecule has 0 spiro atoms. The minimum Gasteiger partial charge on any atom is -0.481 e. The molecule has 1 saturated carbocycles. The molecule has 2 saturated heterocycles. The van der Waals surface area contributed by atoms with E-state index in [1.165, 1.54) is 0 Å². The molecule has 2 atom stereocenters. The molecule has 1 aliphatic carbocycles. The lowest BCUT2D eigenvalue weighted by Gasteiger charge is -2.39. The van der Waals surface area contributed by atoms with E-state index in [1.807, 2.05) is 4.90 Å². The van der Waals surface area contributed by atoms with Crippen LogP contribution in [-0.4, -0.2) is 72.7 Å². The standard InChI is InChI=1S/C17H28N2O4/c20-16(21)11-14-4-6-19(17(22)13-1-2-13)12-15(14)3-5-18-7-9-23-10-8-18/h13-15H,1-12H2,(H,20,21)/t14-,15-/m0/s1. The molecule has 130 valence electrons. The lowest BCUT2D eigenvalue weighted by Crippen LogP contribution is -2.46. The van der Waals surface area contributed by atoms with Crippen LogP contribution in [0.25, 0.3) is 0 Å². The fraction of sp³-hybridized carbons (Fsp3) is 0.882. The Morgan fingerprint density at radius 2 is 1.78 bits per heavy atom. The number of likely N-dealkylation sites (tertiary alicyclic amines) is 1. The van der Waals surface area contributed by atoms with Gasteiger partial charge in [0, 0.05) is 38.5 Å². The lowest BCUT2D eigenvalue weighted by molar-refractivity contribution is -0.140. The monoisotopic (exact) mass is 324 g/mol. The van der Waals surface area contributed by atoms with Gasteiger partial charge < -0.3 is 14.7 Å². The Morgan fingerprint density at radius 3 is 2.43 bits per heavy atom. The van der Waals surface area contributed by atoms with E-state index in [2.05, 4.69) is 4.90 Å². The van der Waals surface area contributed by atoms with Crippen LogP contribution in [0.3, 0.4) is 0 Å². The topological polar surface area (TPSA) is 70.1 Å². The zero-order chi connectivity index (χ0) is 16.2. The third-order valence-corrected chi connectivity index (χ3v) is 5.49. The van der Waals surface area contributed by atoms with Gasteiger partial charge in [-0.2, -0.15) is 0 Å². The first-order chi connectivity index (χ1) is 11.1. The number of carbonyl (C=O) groups excluding carboxylic acids is 1. The highest BCUT2D eigenvalue weighted by Gasteiger charge is 2.38. The molecule has 0 radical (unpaired) electrons. The van der Waals surface area contributed by atoms with Gasteiger partial charge in [0.1, 0.15) is 0 Å². The maximum Gasteiger partial charge on any atom is 0.303 e. The van der Waals surface area contributed by atoms with Crippen molar-refractivity contribution in [2.45, 2.75) is 32.1 Å². The first-order valence-electron chi connectivity index (χ1n) is 8.94. The number of aliphatic carboxylic acids is 1. The number of nitrogens with zero attached hydrogens (tertiary/aromatic N) is 2. The summed E-state index contributed by atoms with van der Waals surface area (Å²) in [5.41, 5.74) is 0. The van der Waals surface area contributed by atoms with E-state index in [4.69, 9.17) is 9.84 Å². The summed E-state index contributed by atoms with van der Waals surface area (Å²) in [6, 6.07) is 0. The van der Waals surface area contributed by atoms with Gasteiger partial charge in [0.25, 0.3) is 0 Å². The van der Waals surface area contributed by atoms with E-state index >= 15 is 0 Å². The lowest BCUT2D eigenvalue weighted by atomic mass is 9.81. The summed E-state index contributed by atoms with van der Waals surface area (Å²) in [4.78, 5) is 27.9. The maximum absolute atomic E-state index is 12.3. The summed E-state index contributed by atoms with van der Waals surface area (Å²) < 4.78 is 5.37. The van der Waals surface area contributed by atoms with Gasteiger partial charge in [-0.3, -0.25) is 14.5 Å². The van der Waals surface area contributed by atoms with E-state index in [-0.39, 0.29) is 18.3 Å². The van der Waals surface area contributed by atoms with Crippen LogP contribution >= 0.6 is 0 Å². The SMILES string of the molecule is O=C(O)C[C@@H]1CCN(C(=O)C2CC2)C[C@@H]1CCN1CCOCC1. The van der Waals surface area contributed by atoms with E-state index in [9.17, 15) is 9.59 Å². The number of rotatable bonds is 6. The molecule has 23 heavy (non-hydrogen) atoms. The molecule has 1 amide bonds. The minimum atomic E-state index is -0.714. The second kappa shape index (κ2) is 7.62. The van der Waals surface area contributed by atoms with Crippen LogP contribution in [0.4, 0.5) is 0 Å². The molecule has 0 unspecified atom stereocenters. The number of ether oxygens (including phenoxy) is 1. The quantitative estimate of drug-likeness (QED) is 0.791. The fourth-order valence-corrected chi connectivity index (χ4v) is 3.86. The van der Waals surface area contributed by atoms with Gasteiger partial charge in [-0.05, 0) is 44.1 Å². The largest absolute Gasteiger partial charge is 0.481 e. The van der Waals surface area contributed by atoms with Crippen LogP contribution in [0.15, 0.2) is 0 Å². The van der Waals surface area contributed by atoms with E-state index in [0.717, 1.165) is 71.6 Å². The van der Waals surface area contributed by atoms with Crippen molar-refractivity contribution in [1.82, 2.24) is 9.80 Å². The summed E-state index contributed by atoms with van der Waals surface area (Å²) in [6.07, 6.45) is 4.11. The van der Waals surface area contributed by atoms with Crippen molar-refractivity contribution in [2.75, 3.05) is 45.9 Å². The second-order valence-electron chi connectivity index (χ2n) is 7.21. The number of carbonyl (C=O) groups is 2. The Balaban J connectivity index is 1.55. The van der Waals surface area contributed by atoms with Crippen molar-refractivity contribution < 1.29 is 19.4 Å². The van der Waals surface area contributed by atoms with E-state index in [0.29, 0.717) is 11.8 Å². The van der Waals surface area contributed by atoms with Crippen molar-refractivity contribution >= 4 is 11.9 Å². The zero-order valence-electron chi connectivity index (χ0n) is 13.8. The fourth-order valence-electron chi connectivity index (χ4n) is 3.86. The van der Waals surface area contributed by atoms with Crippen LogP contribution < -0.4 is 0 Å². The van der Waals surface area contributed by atoms with Crippen LogP contribution in [0, 0.1) is 17.8 Å². The van der Waals surface area contributed by atoms with Crippen molar-refractivity contribution in [3.05, 3.63) is 0 Å². The molecule has 6 heteroatoms. The molecule has 3 fully saturated rings. The summed E-state index contributed by atoms with van der Waals surface area (Å²) >= 11 is 0. The summed E-state index contributed by atoms with van der Waals surface area (Å²) in [7, 11) is 0. The average molecular weight is 324 g/mol. The molecule has 3 aliphatic rings. The van der Waals surface area contributed by atoms with Crippen LogP contribution in [0.5, 0.6) is 0 Å². The van der Waals surface area contributed by atoms with Gasteiger partial charge in [-0.25, -0.2) is 0 Å². The highest BCUT2D eigenvalue weighted by atomic mass is 16.5. The normalized spacial score (nSPS) is 29.5. The number of piperidine rings is 1. The first-order valence-corrected chi connectivity index (χ1v) is 8.94. The summed E-state index contributed by atoms with van der Waals surface area (Å²) in [5.74, 6) is 0.358.